The van der Waals surface area contributed by atoms with Gasteiger partial charge in [0.15, 0.2) is 5.78 Å². The zero-order chi connectivity index (χ0) is 10.2. The molecule has 1 aliphatic heterocycles. The van der Waals surface area contributed by atoms with Gasteiger partial charge in [-0.2, -0.15) is 0 Å². The van der Waals surface area contributed by atoms with E-state index in [0.717, 1.165) is 11.3 Å². The molecule has 1 rings (SSSR count). The topological polar surface area (TPSA) is 37.4 Å². The van der Waals surface area contributed by atoms with Crippen LogP contribution in [0.1, 0.15) is 27.2 Å². The minimum absolute atomic E-state index is 0.0706. The van der Waals surface area contributed by atoms with Crippen molar-refractivity contribution in [2.75, 3.05) is 7.05 Å². The molecule has 0 radical (unpaired) electrons. The summed E-state index contributed by atoms with van der Waals surface area (Å²) in [4.78, 5) is 24.2. The van der Waals surface area contributed by atoms with Crippen LogP contribution in [0.2, 0.25) is 0 Å². The average Bonchev–Trinajstić information content (AvgIpc) is 1.99. The molecule has 0 aromatic carbocycles. The molecule has 72 valence electrons. The molecule has 1 aliphatic rings. The molecule has 0 fully saturated rings. The van der Waals surface area contributed by atoms with E-state index in [1.54, 1.807) is 18.9 Å². The lowest BCUT2D eigenvalue weighted by Gasteiger charge is -2.29. The second kappa shape index (κ2) is 3.32. The van der Waals surface area contributed by atoms with Crippen LogP contribution in [-0.2, 0) is 9.59 Å². The van der Waals surface area contributed by atoms with E-state index in [1.807, 2.05) is 13.8 Å². The molecule has 0 saturated carbocycles. The van der Waals surface area contributed by atoms with Gasteiger partial charge < -0.3 is 4.90 Å². The van der Waals surface area contributed by atoms with Gasteiger partial charge in [-0.05, 0) is 19.8 Å². The summed E-state index contributed by atoms with van der Waals surface area (Å²) in [5.74, 6) is 0.237. The lowest BCUT2D eigenvalue weighted by molar-refractivity contribution is -0.130. The van der Waals surface area contributed by atoms with Crippen molar-refractivity contribution < 1.29 is 9.59 Å². The van der Waals surface area contributed by atoms with Crippen LogP contribution in [0, 0.1) is 5.92 Å². The van der Waals surface area contributed by atoms with E-state index in [9.17, 15) is 9.59 Å². The Morgan fingerprint density at radius 1 is 1.54 bits per heavy atom. The predicted octanol–water partition coefficient (Wildman–Crippen LogP) is 1.35. The van der Waals surface area contributed by atoms with E-state index in [2.05, 4.69) is 0 Å². The molecule has 13 heavy (non-hydrogen) atoms. The molecule has 0 aromatic rings. The smallest absolute Gasteiger partial charge is 0.227 e. The molecule has 3 nitrogen and oxygen atoms in total. The fourth-order valence-electron chi connectivity index (χ4n) is 1.83. The van der Waals surface area contributed by atoms with Crippen LogP contribution in [0.15, 0.2) is 11.3 Å². The van der Waals surface area contributed by atoms with Crippen molar-refractivity contribution >= 4 is 11.7 Å². The second-order valence-corrected chi connectivity index (χ2v) is 3.61. The number of nitrogens with zero attached hydrogens (tertiary/aromatic N) is 1. The van der Waals surface area contributed by atoms with Gasteiger partial charge in [-0.3, -0.25) is 9.59 Å². The minimum Gasteiger partial charge on any atom is -0.319 e. The van der Waals surface area contributed by atoms with Crippen molar-refractivity contribution in [3.63, 3.8) is 0 Å². The highest BCUT2D eigenvalue weighted by atomic mass is 16.2. The van der Waals surface area contributed by atoms with Crippen LogP contribution in [0.4, 0.5) is 0 Å². The summed E-state index contributed by atoms with van der Waals surface area (Å²) >= 11 is 0. The van der Waals surface area contributed by atoms with Gasteiger partial charge in [0, 0.05) is 24.7 Å². The molecule has 0 spiro atoms. The quantitative estimate of drug-likeness (QED) is 0.612. The minimum atomic E-state index is 0.0706. The Labute approximate surface area is 78.4 Å². The van der Waals surface area contributed by atoms with Gasteiger partial charge in [-0.15, -0.1) is 0 Å². The van der Waals surface area contributed by atoms with Crippen molar-refractivity contribution in [3.8, 4) is 0 Å². The van der Waals surface area contributed by atoms with Crippen molar-refractivity contribution in [1.29, 1.82) is 0 Å². The maximum absolute atomic E-state index is 11.4. The summed E-state index contributed by atoms with van der Waals surface area (Å²) < 4.78 is 0. The summed E-state index contributed by atoms with van der Waals surface area (Å²) in [5, 5.41) is 0. The Morgan fingerprint density at radius 3 is 2.54 bits per heavy atom. The summed E-state index contributed by atoms with van der Waals surface area (Å²) in [5.41, 5.74) is 1.60. The van der Waals surface area contributed by atoms with Crippen LogP contribution in [0.5, 0.6) is 0 Å². The Morgan fingerprint density at radius 2 is 2.08 bits per heavy atom. The summed E-state index contributed by atoms with van der Waals surface area (Å²) in [6, 6.07) is 0. The predicted molar refractivity (Wildman–Crippen MR) is 49.9 cm³/mol. The average molecular weight is 181 g/mol. The Kier molecular flexibility index (Phi) is 2.55. The van der Waals surface area contributed by atoms with E-state index in [4.69, 9.17) is 0 Å². The molecule has 1 heterocycles. The normalized spacial score (nSPS) is 23.8. The molecule has 0 unspecified atom stereocenters. The first kappa shape index (κ1) is 9.96. The summed E-state index contributed by atoms with van der Waals surface area (Å²) in [6.07, 6.45) is 0.447. The molecule has 0 aliphatic carbocycles. The monoisotopic (exact) mass is 181 g/mol. The van der Waals surface area contributed by atoms with Crippen LogP contribution < -0.4 is 0 Å². The first-order valence-electron chi connectivity index (χ1n) is 4.43. The largest absolute Gasteiger partial charge is 0.319 e. The van der Waals surface area contributed by atoms with Crippen LogP contribution in [-0.4, -0.2) is 23.6 Å². The number of amides is 1. The number of allylic oxidation sites excluding steroid dienone is 2. The van der Waals surface area contributed by atoms with E-state index in [0.29, 0.717) is 6.42 Å². The molecule has 1 amide bonds. The maximum atomic E-state index is 11.4. The maximum Gasteiger partial charge on any atom is 0.227 e. The molecule has 0 bridgehead atoms. The van der Waals surface area contributed by atoms with E-state index >= 15 is 0 Å². The molecular weight excluding hydrogens is 166 g/mol. The molecule has 1 atom stereocenters. The highest BCUT2D eigenvalue weighted by molar-refractivity contribution is 5.97. The number of carbonyl (C=O) groups is 2. The fourth-order valence-corrected chi connectivity index (χ4v) is 1.83. The number of Topliss-reactive ketones (excluding diaryl/α,β-unsaturated/α-hetero) is 1. The van der Waals surface area contributed by atoms with E-state index in [1.165, 1.54) is 0 Å². The van der Waals surface area contributed by atoms with Gasteiger partial charge in [-0.1, -0.05) is 6.92 Å². The highest BCUT2D eigenvalue weighted by Gasteiger charge is 2.28. The number of hydrogen-bond acceptors (Lipinski definition) is 2. The van der Waals surface area contributed by atoms with Crippen molar-refractivity contribution in [3.05, 3.63) is 11.3 Å². The summed E-state index contributed by atoms with van der Waals surface area (Å²) in [7, 11) is 1.71. The van der Waals surface area contributed by atoms with Gasteiger partial charge in [0.25, 0.3) is 0 Å². The Hall–Kier alpha value is -1.12. The molecular formula is C10H15NO2. The third-order valence-corrected chi connectivity index (χ3v) is 2.62. The van der Waals surface area contributed by atoms with Crippen LogP contribution in [0.3, 0.4) is 0 Å². The first-order chi connectivity index (χ1) is 5.95. The van der Waals surface area contributed by atoms with Crippen LogP contribution >= 0.6 is 0 Å². The lowest BCUT2D eigenvalue weighted by Crippen LogP contribution is -2.34. The molecule has 0 aromatic heterocycles. The van der Waals surface area contributed by atoms with E-state index < -0.39 is 0 Å². The molecule has 0 N–H and O–H groups in total. The highest BCUT2D eigenvalue weighted by Crippen LogP contribution is 2.27. The number of rotatable bonds is 1. The van der Waals surface area contributed by atoms with Gasteiger partial charge in [-0.25, -0.2) is 0 Å². The zero-order valence-corrected chi connectivity index (χ0v) is 8.55. The molecule has 3 heteroatoms. The Bertz CT molecular complexity index is 291. The fraction of sp³-hybridized carbons (Fsp3) is 0.600. The zero-order valence-electron chi connectivity index (χ0n) is 8.55. The second-order valence-electron chi connectivity index (χ2n) is 3.61. The summed E-state index contributed by atoms with van der Waals surface area (Å²) in [6.45, 7) is 5.30. The van der Waals surface area contributed by atoms with Gasteiger partial charge in [0.2, 0.25) is 5.91 Å². The number of ketones is 1. The Balaban J connectivity index is 3.14. The van der Waals surface area contributed by atoms with Gasteiger partial charge >= 0.3 is 0 Å². The van der Waals surface area contributed by atoms with Crippen LogP contribution in [0.25, 0.3) is 0 Å². The van der Waals surface area contributed by atoms with Gasteiger partial charge in [0.1, 0.15) is 0 Å². The third-order valence-electron chi connectivity index (χ3n) is 2.62. The van der Waals surface area contributed by atoms with Crippen molar-refractivity contribution in [2.45, 2.75) is 27.2 Å². The van der Waals surface area contributed by atoms with Crippen molar-refractivity contribution in [2.24, 2.45) is 5.92 Å². The van der Waals surface area contributed by atoms with Crippen molar-refractivity contribution in [1.82, 2.24) is 4.90 Å². The van der Waals surface area contributed by atoms with Gasteiger partial charge in [0.05, 0.1) is 0 Å². The standard InChI is InChI=1S/C10H15NO2/c1-6-5-9(13)11(4)7(2)10(6)8(3)12/h6H,5H2,1-4H3/t6-/m1/s1. The SMILES string of the molecule is CC(=O)C1=C(C)N(C)C(=O)C[C@H]1C. The first-order valence-corrected chi connectivity index (χ1v) is 4.43. The third kappa shape index (κ3) is 1.64. The number of carbonyl (C=O) groups excluding carboxylic acids is 2. The lowest BCUT2D eigenvalue weighted by atomic mass is 9.89. The van der Waals surface area contributed by atoms with E-state index in [-0.39, 0.29) is 17.6 Å². The number of hydrogen-bond donors (Lipinski definition) is 0. The molecule has 0 saturated heterocycles.